The second kappa shape index (κ2) is 4.41. The fourth-order valence-corrected chi connectivity index (χ4v) is 2.58. The Balaban J connectivity index is 3.91. The highest BCUT2D eigenvalue weighted by molar-refractivity contribution is 6.49. The highest BCUT2D eigenvalue weighted by Crippen LogP contribution is 2.37. The molecule has 0 radical (unpaired) electrons. The highest BCUT2D eigenvalue weighted by atomic mass is 35.5. The van der Waals surface area contributed by atoms with Crippen LogP contribution in [0.1, 0.15) is 26.7 Å². The van der Waals surface area contributed by atoms with Crippen molar-refractivity contribution in [1.29, 1.82) is 0 Å². The normalized spacial score (nSPS) is 13.6. The van der Waals surface area contributed by atoms with Crippen LogP contribution in [0.25, 0.3) is 0 Å². The maximum absolute atomic E-state index is 5.94. The van der Waals surface area contributed by atoms with E-state index < -0.39 is 4.33 Å². The van der Waals surface area contributed by atoms with Crippen LogP contribution in [0.3, 0.4) is 0 Å². The lowest BCUT2D eigenvalue weighted by atomic mass is 10.1. The van der Waals surface area contributed by atoms with E-state index in [0.29, 0.717) is 18.7 Å². The van der Waals surface area contributed by atoms with Crippen molar-refractivity contribution >= 4 is 46.4 Å². The Kier molecular flexibility index (Phi) is 4.88. The molecule has 0 amide bonds. The summed E-state index contributed by atoms with van der Waals surface area (Å²) in [5, 5.41) is 0. The van der Waals surface area contributed by atoms with E-state index in [1.165, 1.54) is 0 Å². The van der Waals surface area contributed by atoms with Gasteiger partial charge in [-0.15, -0.1) is 46.4 Å². The van der Waals surface area contributed by atoms with E-state index in [1.54, 1.807) is 0 Å². The van der Waals surface area contributed by atoms with Crippen LogP contribution < -0.4 is 0 Å². The van der Waals surface area contributed by atoms with Gasteiger partial charge in [-0.25, -0.2) is 0 Å². The van der Waals surface area contributed by atoms with Crippen molar-refractivity contribution in [2.24, 2.45) is 0 Å². The summed E-state index contributed by atoms with van der Waals surface area (Å²) in [6.45, 7) is 3.75. The van der Waals surface area contributed by atoms with Gasteiger partial charge in [0.2, 0.25) is 0 Å². The molecule has 0 saturated carbocycles. The van der Waals surface area contributed by atoms with Crippen LogP contribution in [0.2, 0.25) is 0 Å². The zero-order valence-electron chi connectivity index (χ0n) is 6.63. The molecule has 0 aromatic carbocycles. The average molecular weight is 238 g/mol. The minimum atomic E-state index is -0.785. The maximum atomic E-state index is 5.94. The number of hydrogen-bond acceptors (Lipinski definition) is 0. The van der Waals surface area contributed by atoms with Gasteiger partial charge in [0, 0.05) is 10.8 Å². The van der Waals surface area contributed by atoms with E-state index in [-0.39, 0.29) is 4.87 Å². The summed E-state index contributed by atoms with van der Waals surface area (Å²) in [6.07, 6.45) is 1.10. The molecule has 0 fully saturated rings. The standard InChI is InChI=1S/C7H12Cl4/c1-6(2,9)5-7(10,11)3-4-8/h3-5H2,1-2H3. The lowest BCUT2D eigenvalue weighted by Crippen LogP contribution is -2.25. The largest absolute Gasteiger partial charge is 0.127 e. The van der Waals surface area contributed by atoms with Crippen LogP contribution in [0.5, 0.6) is 0 Å². The summed E-state index contributed by atoms with van der Waals surface area (Å²) in [4.78, 5) is -0.366. The Morgan fingerprint density at radius 1 is 1.09 bits per heavy atom. The van der Waals surface area contributed by atoms with Gasteiger partial charge in [0.05, 0.1) is 0 Å². The van der Waals surface area contributed by atoms with Crippen molar-refractivity contribution in [3.63, 3.8) is 0 Å². The van der Waals surface area contributed by atoms with Crippen molar-refractivity contribution in [3.8, 4) is 0 Å². The SMILES string of the molecule is CC(C)(Cl)CC(Cl)(Cl)CCCl. The Morgan fingerprint density at radius 2 is 1.55 bits per heavy atom. The average Bonchev–Trinajstić information content (AvgIpc) is 1.55. The third kappa shape index (κ3) is 7.52. The van der Waals surface area contributed by atoms with Gasteiger partial charge in [-0.05, 0) is 26.7 Å². The van der Waals surface area contributed by atoms with E-state index >= 15 is 0 Å². The van der Waals surface area contributed by atoms with Crippen molar-refractivity contribution in [2.45, 2.75) is 35.9 Å². The molecule has 0 saturated heterocycles. The molecule has 0 unspecified atom stereocenters. The number of hydrogen-bond donors (Lipinski definition) is 0. The maximum Gasteiger partial charge on any atom is 0.121 e. The van der Waals surface area contributed by atoms with Crippen molar-refractivity contribution in [2.75, 3.05) is 5.88 Å². The Bertz CT molecular complexity index is 114. The van der Waals surface area contributed by atoms with Gasteiger partial charge in [0.1, 0.15) is 4.33 Å². The monoisotopic (exact) mass is 236 g/mol. The molecule has 68 valence electrons. The summed E-state index contributed by atoms with van der Waals surface area (Å²) in [7, 11) is 0. The van der Waals surface area contributed by atoms with Gasteiger partial charge >= 0.3 is 0 Å². The molecule has 4 heteroatoms. The summed E-state index contributed by atoms with van der Waals surface area (Å²) >= 11 is 23.3. The molecule has 0 N–H and O–H groups in total. The zero-order valence-corrected chi connectivity index (χ0v) is 9.66. The molecule has 0 aliphatic carbocycles. The van der Waals surface area contributed by atoms with Gasteiger partial charge < -0.3 is 0 Å². The predicted molar refractivity (Wildman–Crippen MR) is 54.3 cm³/mol. The zero-order chi connectivity index (χ0) is 9.12. The topological polar surface area (TPSA) is 0 Å². The van der Waals surface area contributed by atoms with E-state index in [4.69, 9.17) is 46.4 Å². The molecule has 0 nitrogen and oxygen atoms in total. The summed E-state index contributed by atoms with van der Waals surface area (Å²) in [5.74, 6) is 0.458. The van der Waals surface area contributed by atoms with Crippen LogP contribution >= 0.6 is 46.4 Å². The summed E-state index contributed by atoms with van der Waals surface area (Å²) in [5.41, 5.74) is 0. The Hall–Kier alpha value is 1.16. The van der Waals surface area contributed by atoms with E-state index in [9.17, 15) is 0 Å². The van der Waals surface area contributed by atoms with Gasteiger partial charge in [-0.2, -0.15) is 0 Å². The molecule has 0 aromatic heterocycles. The predicted octanol–water partition coefficient (Wildman–Crippen LogP) is 4.20. The van der Waals surface area contributed by atoms with Gasteiger partial charge in [0.25, 0.3) is 0 Å². The quantitative estimate of drug-likeness (QED) is 0.644. The molecule has 0 spiro atoms. The van der Waals surface area contributed by atoms with Crippen molar-refractivity contribution in [1.82, 2.24) is 0 Å². The third-order valence-electron chi connectivity index (χ3n) is 1.14. The molecule has 0 aliphatic heterocycles. The summed E-state index contributed by atoms with van der Waals surface area (Å²) in [6, 6.07) is 0. The van der Waals surface area contributed by atoms with Crippen LogP contribution in [-0.4, -0.2) is 15.1 Å². The van der Waals surface area contributed by atoms with Gasteiger partial charge in [-0.3, -0.25) is 0 Å². The highest BCUT2D eigenvalue weighted by Gasteiger charge is 2.30. The first-order valence-electron chi connectivity index (χ1n) is 3.39. The second-order valence-electron chi connectivity index (χ2n) is 3.19. The van der Waals surface area contributed by atoms with Crippen LogP contribution in [-0.2, 0) is 0 Å². The number of rotatable bonds is 4. The third-order valence-corrected chi connectivity index (χ3v) is 2.11. The first-order chi connectivity index (χ1) is 4.77. The molecule has 0 rings (SSSR count). The second-order valence-corrected chi connectivity index (χ2v) is 6.23. The Labute approximate surface area is 88.1 Å². The van der Waals surface area contributed by atoms with Gasteiger partial charge in [0.15, 0.2) is 0 Å². The van der Waals surface area contributed by atoms with E-state index in [0.717, 1.165) is 0 Å². The fourth-order valence-electron chi connectivity index (χ4n) is 0.842. The minimum absolute atomic E-state index is 0.366. The lowest BCUT2D eigenvalue weighted by molar-refractivity contribution is 0.558. The molecule has 0 aliphatic rings. The molecule has 0 heterocycles. The number of halogens is 4. The first kappa shape index (κ1) is 12.2. The molecule has 11 heavy (non-hydrogen) atoms. The lowest BCUT2D eigenvalue weighted by Gasteiger charge is -2.25. The molecule has 0 bridgehead atoms. The number of alkyl halides is 4. The smallest absolute Gasteiger partial charge is 0.121 e. The van der Waals surface area contributed by atoms with E-state index in [2.05, 4.69) is 0 Å². The minimum Gasteiger partial charge on any atom is -0.127 e. The first-order valence-corrected chi connectivity index (χ1v) is 5.06. The van der Waals surface area contributed by atoms with Crippen molar-refractivity contribution in [3.05, 3.63) is 0 Å². The molecule has 0 aromatic rings. The van der Waals surface area contributed by atoms with Gasteiger partial charge in [-0.1, -0.05) is 0 Å². The van der Waals surface area contributed by atoms with Crippen LogP contribution in [0.4, 0.5) is 0 Å². The van der Waals surface area contributed by atoms with E-state index in [1.807, 2.05) is 13.8 Å². The molecular formula is C7H12Cl4. The van der Waals surface area contributed by atoms with Crippen molar-refractivity contribution < 1.29 is 0 Å². The fraction of sp³-hybridized carbons (Fsp3) is 1.00. The summed E-state index contributed by atoms with van der Waals surface area (Å²) < 4.78 is -0.785. The molecule has 0 atom stereocenters. The van der Waals surface area contributed by atoms with Crippen LogP contribution in [0.15, 0.2) is 0 Å². The Morgan fingerprint density at radius 3 is 1.82 bits per heavy atom. The molecular weight excluding hydrogens is 226 g/mol. The van der Waals surface area contributed by atoms with Crippen LogP contribution in [0, 0.1) is 0 Å².